The van der Waals surface area contributed by atoms with Gasteiger partial charge in [-0.05, 0) is 38.0 Å². The highest BCUT2D eigenvalue weighted by Crippen LogP contribution is 2.36. The number of fused-ring (bicyclic) bond motifs is 1. The Hall–Kier alpha value is -1.64. The second-order valence-corrected chi connectivity index (χ2v) is 8.50. The molecule has 1 aliphatic carbocycles. The Morgan fingerprint density at radius 2 is 2.00 bits per heavy atom. The van der Waals surface area contributed by atoms with Crippen LogP contribution < -0.4 is 10.9 Å². The van der Waals surface area contributed by atoms with Gasteiger partial charge in [-0.15, -0.1) is 0 Å². The van der Waals surface area contributed by atoms with Crippen molar-refractivity contribution in [2.45, 2.75) is 50.8 Å². The summed E-state index contributed by atoms with van der Waals surface area (Å²) in [6.45, 7) is 4.11. The molecule has 1 saturated heterocycles. The van der Waals surface area contributed by atoms with Crippen molar-refractivity contribution in [2.75, 3.05) is 24.7 Å². The van der Waals surface area contributed by atoms with E-state index in [2.05, 4.69) is 20.9 Å². The molecule has 0 aromatic carbocycles. The van der Waals surface area contributed by atoms with Gasteiger partial charge in [0.15, 0.2) is 0 Å². The van der Waals surface area contributed by atoms with Gasteiger partial charge in [0.1, 0.15) is 5.65 Å². The molecule has 2 aromatic rings. The molecule has 3 unspecified atom stereocenters. The average molecular weight is 390 g/mol. The maximum absolute atomic E-state index is 12.6. The van der Waals surface area contributed by atoms with Crippen LogP contribution in [-0.4, -0.2) is 55.4 Å². The van der Waals surface area contributed by atoms with Gasteiger partial charge in [-0.3, -0.25) is 13.7 Å². The Morgan fingerprint density at radius 3 is 2.67 bits per heavy atom. The monoisotopic (exact) mass is 389 g/mol. The van der Waals surface area contributed by atoms with Gasteiger partial charge < -0.3 is 10.4 Å². The van der Waals surface area contributed by atoms with Gasteiger partial charge in [0.25, 0.3) is 5.56 Å². The SMILES string of the molecule is CSN1CCC(Nc2ncc3ccc(=O)n(C4CCC(O)C4C)c3n2)CC1. The van der Waals surface area contributed by atoms with Crippen molar-refractivity contribution in [3.05, 3.63) is 28.7 Å². The normalized spacial score (nSPS) is 27.3. The Kier molecular flexibility index (Phi) is 5.39. The Labute approximate surface area is 163 Å². The van der Waals surface area contributed by atoms with Crippen molar-refractivity contribution in [1.82, 2.24) is 18.8 Å². The lowest BCUT2D eigenvalue weighted by Gasteiger charge is -2.30. The molecule has 2 N–H and O–H groups in total. The summed E-state index contributed by atoms with van der Waals surface area (Å²) in [7, 11) is 0. The fourth-order valence-electron chi connectivity index (χ4n) is 4.28. The first kappa shape index (κ1) is 18.7. The van der Waals surface area contributed by atoms with Crippen LogP contribution in [0.1, 0.15) is 38.6 Å². The maximum Gasteiger partial charge on any atom is 0.252 e. The second kappa shape index (κ2) is 7.77. The van der Waals surface area contributed by atoms with Crippen molar-refractivity contribution in [3.8, 4) is 0 Å². The summed E-state index contributed by atoms with van der Waals surface area (Å²) in [6.07, 6.45) is 7.15. The predicted octanol–water partition coefficient (Wildman–Crippen LogP) is 2.28. The van der Waals surface area contributed by atoms with Crippen LogP contribution in [0, 0.1) is 5.92 Å². The Bertz CT molecular complexity index is 865. The highest BCUT2D eigenvalue weighted by Gasteiger charge is 2.34. The molecule has 146 valence electrons. The minimum atomic E-state index is -0.363. The predicted molar refractivity (Wildman–Crippen MR) is 109 cm³/mol. The highest BCUT2D eigenvalue weighted by atomic mass is 32.2. The van der Waals surface area contributed by atoms with Gasteiger partial charge in [-0.2, -0.15) is 4.98 Å². The molecule has 1 aliphatic heterocycles. The van der Waals surface area contributed by atoms with Crippen molar-refractivity contribution < 1.29 is 5.11 Å². The third kappa shape index (κ3) is 3.70. The molecule has 0 radical (unpaired) electrons. The average Bonchev–Trinajstić information content (AvgIpc) is 3.01. The van der Waals surface area contributed by atoms with Crippen LogP contribution in [0.2, 0.25) is 0 Å². The summed E-state index contributed by atoms with van der Waals surface area (Å²) < 4.78 is 4.13. The molecule has 2 fully saturated rings. The van der Waals surface area contributed by atoms with E-state index < -0.39 is 0 Å². The molecule has 0 spiro atoms. The zero-order valence-corrected chi connectivity index (χ0v) is 16.7. The molecule has 3 atom stereocenters. The third-order valence-electron chi connectivity index (χ3n) is 6.02. The summed E-state index contributed by atoms with van der Waals surface area (Å²) in [5.41, 5.74) is 0.596. The smallest absolute Gasteiger partial charge is 0.252 e. The fourth-order valence-corrected chi connectivity index (χ4v) is 4.86. The molecular weight excluding hydrogens is 362 g/mol. The minimum Gasteiger partial charge on any atom is -0.393 e. The van der Waals surface area contributed by atoms with E-state index in [-0.39, 0.29) is 23.6 Å². The van der Waals surface area contributed by atoms with E-state index >= 15 is 0 Å². The number of aliphatic hydroxyl groups excluding tert-OH is 1. The van der Waals surface area contributed by atoms with E-state index in [1.165, 1.54) is 0 Å². The number of aromatic nitrogens is 3. The first-order chi connectivity index (χ1) is 13.1. The summed E-state index contributed by atoms with van der Waals surface area (Å²) in [4.78, 5) is 21.8. The Morgan fingerprint density at radius 1 is 1.22 bits per heavy atom. The molecule has 3 heterocycles. The summed E-state index contributed by atoms with van der Waals surface area (Å²) >= 11 is 1.79. The van der Waals surface area contributed by atoms with Crippen molar-refractivity contribution >= 4 is 28.9 Å². The van der Waals surface area contributed by atoms with Crippen molar-refractivity contribution in [3.63, 3.8) is 0 Å². The molecule has 2 aromatic heterocycles. The van der Waals surface area contributed by atoms with E-state index in [0.717, 1.165) is 44.2 Å². The number of pyridine rings is 1. The number of piperidine rings is 1. The molecular formula is C19H27N5O2S. The standard InChI is InChI=1S/C19H27N5O2S/c1-12-15(4-5-16(12)25)24-17(26)6-3-13-11-20-19(22-18(13)24)21-14-7-9-23(27-2)10-8-14/h3,6,11-12,14-16,25H,4-5,7-10H2,1-2H3,(H,20,21,22). The number of aliphatic hydroxyl groups is 1. The molecule has 27 heavy (non-hydrogen) atoms. The van der Waals surface area contributed by atoms with Gasteiger partial charge in [0.05, 0.1) is 6.10 Å². The fraction of sp³-hybridized carbons (Fsp3) is 0.632. The van der Waals surface area contributed by atoms with Gasteiger partial charge in [-0.1, -0.05) is 18.9 Å². The zero-order chi connectivity index (χ0) is 19.0. The Balaban J connectivity index is 1.63. The number of nitrogens with zero attached hydrogens (tertiary/aromatic N) is 4. The van der Waals surface area contributed by atoms with Crippen LogP contribution in [0.5, 0.6) is 0 Å². The summed E-state index contributed by atoms with van der Waals surface area (Å²) in [6, 6.07) is 3.69. The summed E-state index contributed by atoms with van der Waals surface area (Å²) in [5.74, 6) is 0.617. The first-order valence-corrected chi connectivity index (χ1v) is 10.9. The lowest BCUT2D eigenvalue weighted by Crippen LogP contribution is -2.36. The van der Waals surface area contributed by atoms with E-state index in [4.69, 9.17) is 4.98 Å². The lowest BCUT2D eigenvalue weighted by atomic mass is 10.0. The maximum atomic E-state index is 12.6. The van der Waals surface area contributed by atoms with Crippen molar-refractivity contribution in [2.24, 2.45) is 5.92 Å². The molecule has 0 bridgehead atoms. The molecule has 8 heteroatoms. The van der Waals surface area contributed by atoms with Crippen LogP contribution in [0.15, 0.2) is 23.1 Å². The molecule has 4 rings (SSSR count). The second-order valence-electron chi connectivity index (χ2n) is 7.62. The van der Waals surface area contributed by atoms with Crippen LogP contribution in [0.25, 0.3) is 11.0 Å². The van der Waals surface area contributed by atoms with Gasteiger partial charge in [0, 0.05) is 48.7 Å². The van der Waals surface area contributed by atoms with Crippen molar-refractivity contribution in [1.29, 1.82) is 0 Å². The molecule has 1 saturated carbocycles. The third-order valence-corrected chi connectivity index (χ3v) is 6.90. The quantitative estimate of drug-likeness (QED) is 0.776. The largest absolute Gasteiger partial charge is 0.393 e. The van der Waals surface area contributed by atoms with Gasteiger partial charge in [-0.25, -0.2) is 4.98 Å². The number of rotatable bonds is 4. The first-order valence-electron chi connectivity index (χ1n) is 9.69. The lowest BCUT2D eigenvalue weighted by molar-refractivity contribution is 0.129. The zero-order valence-electron chi connectivity index (χ0n) is 15.8. The van der Waals surface area contributed by atoms with E-state index in [1.54, 1.807) is 34.8 Å². The van der Waals surface area contributed by atoms with Crippen LogP contribution in [-0.2, 0) is 0 Å². The molecule has 2 aliphatic rings. The topological polar surface area (TPSA) is 83.3 Å². The van der Waals surface area contributed by atoms with Crippen LogP contribution >= 0.6 is 11.9 Å². The highest BCUT2D eigenvalue weighted by molar-refractivity contribution is 7.96. The van der Waals surface area contributed by atoms with Gasteiger partial charge >= 0.3 is 0 Å². The number of hydrogen-bond donors (Lipinski definition) is 2. The van der Waals surface area contributed by atoms with E-state index in [0.29, 0.717) is 17.6 Å². The van der Waals surface area contributed by atoms with Crippen LogP contribution in [0.3, 0.4) is 0 Å². The number of nitrogens with one attached hydrogen (secondary N) is 1. The number of hydrogen-bond acceptors (Lipinski definition) is 7. The molecule has 0 amide bonds. The minimum absolute atomic E-state index is 0.0243. The summed E-state index contributed by atoms with van der Waals surface area (Å²) in [5, 5.41) is 14.4. The van der Waals surface area contributed by atoms with Gasteiger partial charge in [0.2, 0.25) is 5.95 Å². The molecule has 7 nitrogen and oxygen atoms in total. The van der Waals surface area contributed by atoms with E-state index in [1.807, 2.05) is 6.92 Å². The van der Waals surface area contributed by atoms with E-state index in [9.17, 15) is 9.90 Å². The van der Waals surface area contributed by atoms with Crippen LogP contribution in [0.4, 0.5) is 5.95 Å². The number of anilines is 1.